The first-order chi connectivity index (χ1) is 4.61. The van der Waals surface area contributed by atoms with E-state index in [-0.39, 0.29) is 5.09 Å². The fourth-order valence-electron chi connectivity index (χ4n) is 0.715. The maximum absolute atomic E-state index is 10.3. The summed E-state index contributed by atoms with van der Waals surface area (Å²) in [7, 11) is -4.09. The smallest absolute Gasteiger partial charge is 0.327 e. The standard InChI is InChI=1S/C5H8O4S/c6-10(7,8)5-3-1-2-4-9-5/h3H,1-2,4H2,(H,6,7,8). The van der Waals surface area contributed by atoms with Crippen molar-refractivity contribution in [3.8, 4) is 0 Å². The Balaban J connectivity index is 2.82. The summed E-state index contributed by atoms with van der Waals surface area (Å²) >= 11 is 0. The van der Waals surface area contributed by atoms with Gasteiger partial charge in [-0.2, -0.15) is 8.42 Å². The average molecular weight is 164 g/mol. The van der Waals surface area contributed by atoms with E-state index >= 15 is 0 Å². The van der Waals surface area contributed by atoms with E-state index in [4.69, 9.17) is 4.55 Å². The molecule has 0 amide bonds. The maximum atomic E-state index is 10.3. The summed E-state index contributed by atoms with van der Waals surface area (Å²) in [6, 6.07) is 0. The van der Waals surface area contributed by atoms with Gasteiger partial charge in [0.2, 0.25) is 5.09 Å². The summed E-state index contributed by atoms with van der Waals surface area (Å²) in [6.45, 7) is 0.367. The zero-order chi connectivity index (χ0) is 7.61. The van der Waals surface area contributed by atoms with Crippen molar-refractivity contribution < 1.29 is 17.7 Å². The number of ether oxygens (including phenoxy) is 1. The molecule has 0 bridgehead atoms. The Morgan fingerprint density at radius 1 is 1.60 bits per heavy atom. The molecule has 0 radical (unpaired) electrons. The van der Waals surface area contributed by atoms with E-state index in [1.165, 1.54) is 6.08 Å². The van der Waals surface area contributed by atoms with Gasteiger partial charge in [-0.05, 0) is 18.9 Å². The van der Waals surface area contributed by atoms with E-state index in [0.29, 0.717) is 13.0 Å². The molecule has 0 unspecified atom stereocenters. The topological polar surface area (TPSA) is 63.6 Å². The van der Waals surface area contributed by atoms with Crippen molar-refractivity contribution in [2.75, 3.05) is 6.61 Å². The number of rotatable bonds is 1. The summed E-state index contributed by atoms with van der Waals surface area (Å²) in [5.74, 6) is 0. The molecule has 0 aromatic rings. The third kappa shape index (κ3) is 1.71. The van der Waals surface area contributed by atoms with Gasteiger partial charge in [0.25, 0.3) is 0 Å². The van der Waals surface area contributed by atoms with Gasteiger partial charge in [0.15, 0.2) is 0 Å². The van der Waals surface area contributed by atoms with E-state index < -0.39 is 10.1 Å². The molecule has 0 saturated heterocycles. The minimum Gasteiger partial charge on any atom is -0.482 e. The van der Waals surface area contributed by atoms with E-state index in [1.54, 1.807) is 0 Å². The Hall–Kier alpha value is -0.550. The maximum Gasteiger partial charge on any atom is 0.327 e. The van der Waals surface area contributed by atoms with Crippen LogP contribution in [0.5, 0.6) is 0 Å². The van der Waals surface area contributed by atoms with Gasteiger partial charge in [-0.3, -0.25) is 4.55 Å². The van der Waals surface area contributed by atoms with Crippen molar-refractivity contribution in [1.82, 2.24) is 0 Å². The van der Waals surface area contributed by atoms with Crippen LogP contribution in [-0.4, -0.2) is 19.6 Å². The largest absolute Gasteiger partial charge is 0.482 e. The van der Waals surface area contributed by atoms with Crippen molar-refractivity contribution in [2.45, 2.75) is 12.8 Å². The molecule has 5 heteroatoms. The number of hydrogen-bond donors (Lipinski definition) is 1. The molecule has 10 heavy (non-hydrogen) atoms. The highest BCUT2D eigenvalue weighted by Gasteiger charge is 2.16. The van der Waals surface area contributed by atoms with Gasteiger partial charge >= 0.3 is 10.1 Å². The van der Waals surface area contributed by atoms with Crippen molar-refractivity contribution >= 4 is 10.1 Å². The predicted molar refractivity (Wildman–Crippen MR) is 34.8 cm³/mol. The minimum absolute atomic E-state index is 0.307. The van der Waals surface area contributed by atoms with Gasteiger partial charge in [0, 0.05) is 0 Å². The molecule has 0 fully saturated rings. The van der Waals surface area contributed by atoms with Gasteiger partial charge in [0.1, 0.15) is 0 Å². The highest BCUT2D eigenvalue weighted by atomic mass is 32.2. The zero-order valence-electron chi connectivity index (χ0n) is 5.28. The quantitative estimate of drug-likeness (QED) is 0.574. The molecule has 0 aromatic carbocycles. The Labute approximate surface area is 59.2 Å². The highest BCUT2D eigenvalue weighted by molar-refractivity contribution is 7.89. The molecule has 1 rings (SSSR count). The molecular weight excluding hydrogens is 156 g/mol. The van der Waals surface area contributed by atoms with Gasteiger partial charge < -0.3 is 4.74 Å². The monoisotopic (exact) mass is 164 g/mol. The second-order valence-electron chi connectivity index (χ2n) is 1.99. The number of allylic oxidation sites excluding steroid dienone is 1. The first kappa shape index (κ1) is 7.56. The second kappa shape index (κ2) is 2.59. The molecule has 1 aliphatic rings. The van der Waals surface area contributed by atoms with Gasteiger partial charge in [-0.15, -0.1) is 0 Å². The summed E-state index contributed by atoms with van der Waals surface area (Å²) < 4.78 is 33.8. The van der Waals surface area contributed by atoms with Crippen LogP contribution in [0, 0.1) is 0 Å². The molecule has 1 N–H and O–H groups in total. The molecule has 1 aliphatic heterocycles. The van der Waals surface area contributed by atoms with Gasteiger partial charge in [0.05, 0.1) is 6.61 Å². The SMILES string of the molecule is O=S(=O)(O)C1=CCCCO1. The zero-order valence-corrected chi connectivity index (χ0v) is 6.10. The molecule has 0 spiro atoms. The predicted octanol–water partition coefficient (Wildman–Crippen LogP) is 0.526. The van der Waals surface area contributed by atoms with E-state index in [9.17, 15) is 8.42 Å². The third-order valence-electron chi connectivity index (χ3n) is 1.16. The van der Waals surface area contributed by atoms with Crippen LogP contribution in [0.25, 0.3) is 0 Å². The lowest BCUT2D eigenvalue weighted by Crippen LogP contribution is -2.10. The first-order valence-electron chi connectivity index (χ1n) is 2.91. The Kier molecular flexibility index (Phi) is 1.96. The molecule has 58 valence electrons. The second-order valence-corrected chi connectivity index (χ2v) is 3.34. The highest BCUT2D eigenvalue weighted by Crippen LogP contribution is 2.13. The Morgan fingerprint density at radius 3 is 2.60 bits per heavy atom. The summed E-state index contributed by atoms with van der Waals surface area (Å²) in [5, 5.41) is -0.307. The Morgan fingerprint density at radius 2 is 2.30 bits per heavy atom. The molecule has 0 saturated carbocycles. The average Bonchev–Trinajstić information content (AvgIpc) is 1.88. The van der Waals surface area contributed by atoms with Crippen LogP contribution in [0.15, 0.2) is 11.2 Å². The van der Waals surface area contributed by atoms with Gasteiger partial charge in [-0.1, -0.05) is 0 Å². The lowest BCUT2D eigenvalue weighted by molar-refractivity contribution is 0.210. The lowest BCUT2D eigenvalue weighted by Gasteiger charge is -2.10. The van der Waals surface area contributed by atoms with Crippen LogP contribution in [0.2, 0.25) is 0 Å². The Bertz CT molecular complexity index is 238. The normalized spacial score (nSPS) is 19.5. The van der Waals surface area contributed by atoms with Crippen LogP contribution in [-0.2, 0) is 14.9 Å². The van der Waals surface area contributed by atoms with Gasteiger partial charge in [-0.25, -0.2) is 0 Å². The van der Waals surface area contributed by atoms with Crippen LogP contribution in [0.3, 0.4) is 0 Å². The molecule has 0 aromatic heterocycles. The minimum atomic E-state index is -4.09. The van der Waals surface area contributed by atoms with Crippen LogP contribution >= 0.6 is 0 Å². The summed E-state index contributed by atoms with van der Waals surface area (Å²) in [5.41, 5.74) is 0. The first-order valence-corrected chi connectivity index (χ1v) is 4.35. The van der Waals surface area contributed by atoms with Crippen molar-refractivity contribution in [2.24, 2.45) is 0 Å². The van der Waals surface area contributed by atoms with Crippen LogP contribution in [0.1, 0.15) is 12.8 Å². The van der Waals surface area contributed by atoms with Crippen molar-refractivity contribution in [3.63, 3.8) is 0 Å². The molecular formula is C5H8O4S. The third-order valence-corrected chi connectivity index (χ3v) is 1.95. The fraction of sp³-hybridized carbons (Fsp3) is 0.600. The van der Waals surface area contributed by atoms with Crippen LogP contribution in [0.4, 0.5) is 0 Å². The van der Waals surface area contributed by atoms with E-state index in [1.807, 2.05) is 0 Å². The molecule has 0 aliphatic carbocycles. The lowest BCUT2D eigenvalue weighted by atomic mass is 10.3. The molecule has 4 nitrogen and oxygen atoms in total. The molecule has 1 heterocycles. The van der Waals surface area contributed by atoms with Crippen LogP contribution < -0.4 is 0 Å². The number of hydrogen-bond acceptors (Lipinski definition) is 3. The van der Waals surface area contributed by atoms with E-state index in [2.05, 4.69) is 4.74 Å². The molecule has 0 atom stereocenters. The summed E-state index contributed by atoms with van der Waals surface area (Å²) in [4.78, 5) is 0. The van der Waals surface area contributed by atoms with Crippen molar-refractivity contribution in [3.05, 3.63) is 11.2 Å². The van der Waals surface area contributed by atoms with E-state index in [0.717, 1.165) is 6.42 Å². The fourth-order valence-corrected chi connectivity index (χ4v) is 1.28. The van der Waals surface area contributed by atoms with Crippen molar-refractivity contribution in [1.29, 1.82) is 0 Å². The summed E-state index contributed by atoms with van der Waals surface area (Å²) in [6.07, 6.45) is 2.83.